The van der Waals surface area contributed by atoms with Gasteiger partial charge in [0.1, 0.15) is 0 Å². The van der Waals surface area contributed by atoms with E-state index in [9.17, 15) is 0 Å². The molecule has 0 radical (unpaired) electrons. The highest BCUT2D eigenvalue weighted by Crippen LogP contribution is 2.26. The molecule has 0 saturated heterocycles. The fourth-order valence-corrected chi connectivity index (χ4v) is 2.85. The normalized spacial score (nSPS) is 15.8. The molecule has 0 amide bonds. The number of guanidine groups is 1. The first kappa shape index (κ1) is 17.7. The van der Waals surface area contributed by atoms with Gasteiger partial charge < -0.3 is 11.1 Å². The number of aliphatic imine (C=N–C) groups is 1. The molecule has 3 N–H and O–H groups in total. The van der Waals surface area contributed by atoms with Crippen molar-refractivity contribution >= 4 is 41.3 Å². The van der Waals surface area contributed by atoms with Crippen LogP contribution in [0.5, 0.6) is 0 Å². The minimum Gasteiger partial charge on any atom is -0.370 e. The van der Waals surface area contributed by atoms with Gasteiger partial charge in [0.15, 0.2) is 5.96 Å². The Kier molecular flexibility index (Phi) is 7.79. The summed E-state index contributed by atoms with van der Waals surface area (Å²) in [6, 6.07) is 0. The first-order valence-corrected chi connectivity index (χ1v) is 8.01. The maximum absolute atomic E-state index is 5.84. The molecule has 1 fully saturated rings. The fraction of sp³-hybridized carbons (Fsp3) is 0.714. The predicted molar refractivity (Wildman–Crippen MR) is 97.2 cm³/mol. The van der Waals surface area contributed by atoms with Crippen LogP contribution in [0.25, 0.3) is 0 Å². The predicted octanol–water partition coefficient (Wildman–Crippen LogP) is 3.13. The van der Waals surface area contributed by atoms with Gasteiger partial charge >= 0.3 is 0 Å². The lowest BCUT2D eigenvalue weighted by Crippen LogP contribution is -2.34. The third kappa shape index (κ3) is 5.55. The second kappa shape index (κ2) is 8.81. The Morgan fingerprint density at radius 3 is 2.85 bits per heavy atom. The van der Waals surface area contributed by atoms with Gasteiger partial charge in [0.25, 0.3) is 0 Å². The largest absolute Gasteiger partial charge is 0.370 e. The minimum absolute atomic E-state index is 0. The van der Waals surface area contributed by atoms with Crippen molar-refractivity contribution in [2.75, 3.05) is 13.1 Å². The summed E-state index contributed by atoms with van der Waals surface area (Å²) in [5.41, 5.74) is 6.99. The van der Waals surface area contributed by atoms with Crippen molar-refractivity contribution in [2.24, 2.45) is 16.6 Å². The maximum Gasteiger partial charge on any atom is 0.188 e. The monoisotopic (exact) mass is 408 g/mol. The quantitative estimate of drug-likeness (QED) is 0.432. The van der Waals surface area contributed by atoms with E-state index in [0.29, 0.717) is 11.9 Å². The number of nitrogens with zero attached hydrogens (tertiary/aromatic N) is 2. The Balaban J connectivity index is 0.00000200. The average Bonchev–Trinajstić information content (AvgIpc) is 2.76. The molecule has 1 aromatic heterocycles. The topological polar surface area (TPSA) is 63.3 Å². The van der Waals surface area contributed by atoms with Gasteiger partial charge in [-0.15, -0.1) is 35.3 Å². The summed E-state index contributed by atoms with van der Waals surface area (Å²) in [7, 11) is 0. The van der Waals surface area contributed by atoms with Crippen molar-refractivity contribution in [2.45, 2.75) is 45.4 Å². The van der Waals surface area contributed by atoms with E-state index in [2.05, 4.69) is 34.5 Å². The Morgan fingerprint density at radius 1 is 1.55 bits per heavy atom. The number of nitrogens with one attached hydrogen (secondary N) is 1. The molecule has 0 atom stereocenters. The fourth-order valence-electron chi connectivity index (χ4n) is 1.98. The van der Waals surface area contributed by atoms with E-state index in [1.54, 1.807) is 11.3 Å². The average molecular weight is 408 g/mol. The van der Waals surface area contributed by atoms with Gasteiger partial charge in [-0.3, -0.25) is 4.99 Å². The Hall–Kier alpha value is -0.370. The van der Waals surface area contributed by atoms with Gasteiger partial charge in [0, 0.05) is 30.8 Å². The lowest BCUT2D eigenvalue weighted by atomic mass is 9.86. The highest BCUT2D eigenvalue weighted by Gasteiger charge is 2.16. The molecule has 4 nitrogen and oxygen atoms in total. The Labute approximate surface area is 142 Å². The molecular formula is C14H25IN4S. The van der Waals surface area contributed by atoms with E-state index in [1.807, 2.05) is 0 Å². The van der Waals surface area contributed by atoms with Gasteiger partial charge in [-0.1, -0.05) is 20.3 Å². The summed E-state index contributed by atoms with van der Waals surface area (Å²) >= 11 is 1.74. The number of aromatic nitrogens is 1. The van der Waals surface area contributed by atoms with E-state index in [4.69, 9.17) is 5.73 Å². The molecule has 2 rings (SSSR count). The molecule has 20 heavy (non-hydrogen) atoms. The Morgan fingerprint density at radius 2 is 2.30 bits per heavy atom. The van der Waals surface area contributed by atoms with Crippen molar-refractivity contribution in [3.8, 4) is 0 Å². The summed E-state index contributed by atoms with van der Waals surface area (Å²) in [6.45, 7) is 6.03. The van der Waals surface area contributed by atoms with Crippen LogP contribution in [0.1, 0.15) is 49.7 Å². The zero-order chi connectivity index (χ0) is 13.7. The summed E-state index contributed by atoms with van der Waals surface area (Å²) in [5, 5.41) is 6.51. The molecule has 0 aliphatic heterocycles. The van der Waals surface area contributed by atoms with E-state index < -0.39 is 0 Å². The number of hydrogen-bond acceptors (Lipinski definition) is 3. The van der Waals surface area contributed by atoms with Crippen LogP contribution in [0.4, 0.5) is 0 Å². The molecule has 1 heterocycles. The van der Waals surface area contributed by atoms with Crippen LogP contribution in [0.2, 0.25) is 0 Å². The first-order valence-electron chi connectivity index (χ1n) is 7.13. The van der Waals surface area contributed by atoms with Gasteiger partial charge in [-0.2, -0.15) is 0 Å². The second-order valence-electron chi connectivity index (χ2n) is 5.53. The lowest BCUT2D eigenvalue weighted by molar-refractivity contribution is 0.326. The van der Waals surface area contributed by atoms with E-state index in [0.717, 1.165) is 31.1 Å². The molecule has 0 unspecified atom stereocenters. The van der Waals surface area contributed by atoms with Crippen LogP contribution in [0.3, 0.4) is 0 Å². The SMILES string of the molecule is CC(C)c1nc(CCNC(N)=NCC2CCC2)cs1.I. The third-order valence-corrected chi connectivity index (χ3v) is 4.69. The van der Waals surface area contributed by atoms with Crippen LogP contribution >= 0.6 is 35.3 Å². The maximum atomic E-state index is 5.84. The molecule has 0 spiro atoms. The van der Waals surface area contributed by atoms with Crippen LogP contribution in [0, 0.1) is 5.92 Å². The smallest absolute Gasteiger partial charge is 0.188 e. The minimum atomic E-state index is 0. The zero-order valence-electron chi connectivity index (χ0n) is 12.3. The van der Waals surface area contributed by atoms with Gasteiger partial charge in [-0.25, -0.2) is 4.98 Å². The van der Waals surface area contributed by atoms with Crippen molar-refractivity contribution in [1.29, 1.82) is 0 Å². The van der Waals surface area contributed by atoms with Crippen LogP contribution < -0.4 is 11.1 Å². The van der Waals surface area contributed by atoms with Crippen molar-refractivity contribution in [3.05, 3.63) is 16.1 Å². The summed E-state index contributed by atoms with van der Waals surface area (Å²) in [5.74, 6) is 1.86. The highest BCUT2D eigenvalue weighted by molar-refractivity contribution is 14.0. The number of rotatable bonds is 6. The van der Waals surface area contributed by atoms with Gasteiger partial charge in [0.05, 0.1) is 10.7 Å². The molecule has 1 saturated carbocycles. The van der Waals surface area contributed by atoms with Gasteiger partial charge in [-0.05, 0) is 18.8 Å². The van der Waals surface area contributed by atoms with Crippen molar-refractivity contribution < 1.29 is 0 Å². The first-order chi connectivity index (χ1) is 9.15. The summed E-state index contributed by atoms with van der Waals surface area (Å²) < 4.78 is 0. The summed E-state index contributed by atoms with van der Waals surface area (Å²) in [4.78, 5) is 8.98. The number of thiazole rings is 1. The van der Waals surface area contributed by atoms with Crippen molar-refractivity contribution in [3.63, 3.8) is 0 Å². The molecule has 1 aliphatic carbocycles. The molecule has 6 heteroatoms. The molecule has 0 aromatic carbocycles. The highest BCUT2D eigenvalue weighted by atomic mass is 127. The molecule has 1 aromatic rings. The third-order valence-electron chi connectivity index (χ3n) is 3.50. The second-order valence-corrected chi connectivity index (χ2v) is 6.42. The van der Waals surface area contributed by atoms with E-state index in [1.165, 1.54) is 24.3 Å². The molecule has 0 bridgehead atoms. The van der Waals surface area contributed by atoms with Crippen LogP contribution in [0.15, 0.2) is 10.4 Å². The number of hydrogen-bond donors (Lipinski definition) is 2. The van der Waals surface area contributed by atoms with E-state index in [-0.39, 0.29) is 24.0 Å². The van der Waals surface area contributed by atoms with Crippen LogP contribution in [-0.2, 0) is 6.42 Å². The molecule has 1 aliphatic rings. The Bertz CT molecular complexity index is 427. The number of halogens is 1. The lowest BCUT2D eigenvalue weighted by Gasteiger charge is -2.23. The van der Waals surface area contributed by atoms with Crippen molar-refractivity contribution in [1.82, 2.24) is 10.3 Å². The molecule has 114 valence electrons. The standard InChI is InChI=1S/C14H24N4S.HI/c1-10(2)13-18-12(9-19-13)6-7-16-14(15)17-8-11-4-3-5-11;/h9-11H,3-8H2,1-2H3,(H3,15,16,17);1H. The van der Waals surface area contributed by atoms with E-state index >= 15 is 0 Å². The van der Waals surface area contributed by atoms with Gasteiger partial charge in [0.2, 0.25) is 0 Å². The summed E-state index contributed by atoms with van der Waals surface area (Å²) in [6.07, 6.45) is 4.89. The number of nitrogens with two attached hydrogens (primary N) is 1. The van der Waals surface area contributed by atoms with Crippen LogP contribution in [-0.4, -0.2) is 24.0 Å². The molecular weight excluding hydrogens is 383 g/mol. The zero-order valence-corrected chi connectivity index (χ0v) is 15.4.